The largest absolute Gasteiger partial charge is 0.462 e. The Morgan fingerprint density at radius 1 is 1.30 bits per heavy atom. The summed E-state index contributed by atoms with van der Waals surface area (Å²) >= 11 is 3.02. The van der Waals surface area contributed by atoms with Crippen molar-refractivity contribution in [3.63, 3.8) is 0 Å². The van der Waals surface area contributed by atoms with E-state index in [1.54, 1.807) is 6.92 Å². The van der Waals surface area contributed by atoms with Crippen molar-refractivity contribution in [2.45, 2.75) is 26.9 Å². The van der Waals surface area contributed by atoms with Crippen molar-refractivity contribution in [2.24, 2.45) is 0 Å². The van der Waals surface area contributed by atoms with Crippen LogP contribution in [0.5, 0.6) is 0 Å². The van der Waals surface area contributed by atoms with Gasteiger partial charge in [-0.05, 0) is 28.9 Å². The number of rotatable bonds is 5. The molecule has 0 aliphatic carbocycles. The zero-order valence-corrected chi connectivity index (χ0v) is 12.5. The summed E-state index contributed by atoms with van der Waals surface area (Å²) in [6.45, 7) is 2.74. The molecule has 1 aromatic carbocycles. The number of alkyl halides is 2. The summed E-state index contributed by atoms with van der Waals surface area (Å²) in [5.41, 5.74) is -0.322. The maximum Gasteiger partial charge on any atom is 0.338 e. The molecule has 0 aromatic heterocycles. The SMILES string of the molecule is CCOC(=O)c1ccc(COC(C)=O)c(Br)c1C(F)F. The highest BCUT2D eigenvalue weighted by Gasteiger charge is 2.24. The fraction of sp³-hybridized carbons (Fsp3) is 0.385. The Morgan fingerprint density at radius 2 is 1.95 bits per heavy atom. The maximum absolute atomic E-state index is 13.1. The van der Waals surface area contributed by atoms with E-state index < -0.39 is 23.9 Å². The Labute approximate surface area is 123 Å². The lowest BCUT2D eigenvalue weighted by Crippen LogP contribution is -2.11. The van der Waals surface area contributed by atoms with Crippen molar-refractivity contribution in [1.82, 2.24) is 0 Å². The summed E-state index contributed by atoms with van der Waals surface area (Å²) in [5.74, 6) is -1.34. The van der Waals surface area contributed by atoms with Gasteiger partial charge in [0.1, 0.15) is 6.61 Å². The standard InChI is InChI=1S/C13H13BrF2O4/c1-3-19-13(18)9-5-4-8(6-20-7(2)17)11(14)10(9)12(15)16/h4-5,12H,3,6H2,1-2H3. The third-order valence-electron chi connectivity index (χ3n) is 2.40. The van der Waals surface area contributed by atoms with Crippen molar-refractivity contribution in [2.75, 3.05) is 6.61 Å². The third kappa shape index (κ3) is 4.00. The quantitative estimate of drug-likeness (QED) is 0.761. The number of carbonyl (C=O) groups excluding carboxylic acids is 2. The molecule has 0 amide bonds. The molecule has 0 radical (unpaired) electrons. The Balaban J connectivity index is 3.19. The lowest BCUT2D eigenvalue weighted by molar-refractivity contribution is -0.142. The number of halogens is 3. The summed E-state index contributed by atoms with van der Waals surface area (Å²) < 4.78 is 35.8. The van der Waals surface area contributed by atoms with Crippen LogP contribution >= 0.6 is 15.9 Å². The van der Waals surface area contributed by atoms with Crippen LogP contribution in [0.25, 0.3) is 0 Å². The zero-order chi connectivity index (χ0) is 15.3. The molecular formula is C13H13BrF2O4. The number of carbonyl (C=O) groups is 2. The fourth-order valence-corrected chi connectivity index (χ4v) is 2.16. The van der Waals surface area contributed by atoms with E-state index in [9.17, 15) is 18.4 Å². The van der Waals surface area contributed by atoms with Crippen LogP contribution in [-0.4, -0.2) is 18.5 Å². The normalized spacial score (nSPS) is 10.5. The second-order valence-electron chi connectivity index (χ2n) is 3.80. The molecule has 1 aromatic rings. The minimum absolute atomic E-state index is 0.0410. The van der Waals surface area contributed by atoms with E-state index >= 15 is 0 Å². The van der Waals surface area contributed by atoms with Crippen LogP contribution in [0.1, 0.15) is 41.8 Å². The first kappa shape index (κ1) is 16.6. The molecule has 0 spiro atoms. The summed E-state index contributed by atoms with van der Waals surface area (Å²) in [6, 6.07) is 2.67. The molecule has 0 N–H and O–H groups in total. The van der Waals surface area contributed by atoms with E-state index in [-0.39, 0.29) is 23.2 Å². The van der Waals surface area contributed by atoms with E-state index in [1.807, 2.05) is 0 Å². The van der Waals surface area contributed by atoms with Crippen molar-refractivity contribution in [1.29, 1.82) is 0 Å². The molecule has 0 saturated carbocycles. The topological polar surface area (TPSA) is 52.6 Å². The average molecular weight is 351 g/mol. The minimum atomic E-state index is -2.86. The van der Waals surface area contributed by atoms with Crippen molar-refractivity contribution in [3.8, 4) is 0 Å². The van der Waals surface area contributed by atoms with Crippen molar-refractivity contribution < 1.29 is 27.8 Å². The van der Waals surface area contributed by atoms with Crippen LogP contribution < -0.4 is 0 Å². The minimum Gasteiger partial charge on any atom is -0.462 e. The molecule has 7 heteroatoms. The molecule has 0 saturated heterocycles. The van der Waals surface area contributed by atoms with Gasteiger partial charge >= 0.3 is 11.9 Å². The Bertz CT molecular complexity index is 517. The fourth-order valence-electron chi connectivity index (χ4n) is 1.53. The van der Waals surface area contributed by atoms with Crippen LogP contribution in [0.2, 0.25) is 0 Å². The summed E-state index contributed by atoms with van der Waals surface area (Å²) in [7, 11) is 0. The number of ether oxygens (including phenoxy) is 2. The van der Waals surface area contributed by atoms with Gasteiger partial charge in [-0.2, -0.15) is 0 Å². The Hall–Kier alpha value is -1.50. The van der Waals surface area contributed by atoms with Crippen molar-refractivity contribution in [3.05, 3.63) is 33.3 Å². The molecule has 110 valence electrons. The van der Waals surface area contributed by atoms with Crippen LogP contribution in [-0.2, 0) is 20.9 Å². The average Bonchev–Trinajstić information content (AvgIpc) is 2.36. The van der Waals surface area contributed by atoms with E-state index in [4.69, 9.17) is 9.47 Å². The van der Waals surface area contributed by atoms with Gasteiger partial charge in [0.2, 0.25) is 0 Å². The summed E-state index contributed by atoms with van der Waals surface area (Å²) in [4.78, 5) is 22.4. The van der Waals surface area contributed by atoms with Gasteiger partial charge in [-0.3, -0.25) is 4.79 Å². The molecule has 0 unspecified atom stereocenters. The summed E-state index contributed by atoms with van der Waals surface area (Å²) in [6.07, 6.45) is -2.86. The molecular weight excluding hydrogens is 338 g/mol. The molecule has 1 rings (SSSR count). The van der Waals surface area contributed by atoms with E-state index in [0.717, 1.165) is 0 Å². The highest BCUT2D eigenvalue weighted by atomic mass is 79.9. The highest BCUT2D eigenvalue weighted by Crippen LogP contribution is 2.34. The number of hydrogen-bond donors (Lipinski definition) is 0. The first-order valence-electron chi connectivity index (χ1n) is 5.78. The molecule has 0 heterocycles. The number of esters is 2. The Kier molecular flexibility index (Phi) is 6.06. The van der Waals surface area contributed by atoms with Gasteiger partial charge in [0.15, 0.2) is 0 Å². The van der Waals surface area contributed by atoms with Gasteiger partial charge in [-0.25, -0.2) is 13.6 Å². The van der Waals surface area contributed by atoms with Gasteiger partial charge in [0.05, 0.1) is 12.2 Å². The highest BCUT2D eigenvalue weighted by molar-refractivity contribution is 9.10. The maximum atomic E-state index is 13.1. The van der Waals surface area contributed by atoms with Gasteiger partial charge < -0.3 is 9.47 Å². The predicted molar refractivity (Wildman–Crippen MR) is 70.5 cm³/mol. The first-order valence-corrected chi connectivity index (χ1v) is 6.57. The van der Waals surface area contributed by atoms with Gasteiger partial charge in [0, 0.05) is 22.5 Å². The monoisotopic (exact) mass is 350 g/mol. The molecule has 0 fully saturated rings. The molecule has 4 nitrogen and oxygen atoms in total. The molecule has 0 aliphatic heterocycles. The zero-order valence-electron chi connectivity index (χ0n) is 10.9. The van der Waals surface area contributed by atoms with E-state index in [0.29, 0.717) is 5.56 Å². The number of hydrogen-bond acceptors (Lipinski definition) is 4. The molecule has 20 heavy (non-hydrogen) atoms. The smallest absolute Gasteiger partial charge is 0.338 e. The predicted octanol–water partition coefficient (Wildman–Crippen LogP) is 3.63. The Morgan fingerprint density at radius 3 is 2.45 bits per heavy atom. The summed E-state index contributed by atoms with van der Waals surface area (Å²) in [5, 5.41) is 0. The van der Waals surface area contributed by atoms with E-state index in [1.165, 1.54) is 19.1 Å². The number of benzene rings is 1. The lowest BCUT2D eigenvalue weighted by atomic mass is 10.0. The van der Waals surface area contributed by atoms with Crippen LogP contribution in [0.4, 0.5) is 8.78 Å². The van der Waals surface area contributed by atoms with Gasteiger partial charge in [-0.15, -0.1) is 0 Å². The van der Waals surface area contributed by atoms with Crippen LogP contribution in [0.15, 0.2) is 16.6 Å². The molecule has 0 atom stereocenters. The lowest BCUT2D eigenvalue weighted by Gasteiger charge is -2.14. The first-order chi connectivity index (χ1) is 9.38. The van der Waals surface area contributed by atoms with Crippen LogP contribution in [0, 0.1) is 0 Å². The van der Waals surface area contributed by atoms with E-state index in [2.05, 4.69) is 15.9 Å². The second-order valence-corrected chi connectivity index (χ2v) is 4.59. The van der Waals surface area contributed by atoms with Crippen molar-refractivity contribution >= 4 is 27.9 Å². The molecule has 0 aliphatic rings. The third-order valence-corrected chi connectivity index (χ3v) is 3.34. The van der Waals surface area contributed by atoms with Crippen LogP contribution in [0.3, 0.4) is 0 Å². The second kappa shape index (κ2) is 7.33. The molecule has 0 bridgehead atoms. The van der Waals surface area contributed by atoms with Gasteiger partial charge in [-0.1, -0.05) is 6.07 Å². The van der Waals surface area contributed by atoms with Gasteiger partial charge in [0.25, 0.3) is 6.43 Å².